The fourth-order valence-electron chi connectivity index (χ4n) is 2.14. The summed E-state index contributed by atoms with van der Waals surface area (Å²) in [5.41, 5.74) is 7.61. The second kappa shape index (κ2) is 3.07. The van der Waals surface area contributed by atoms with Crippen molar-refractivity contribution in [3.05, 3.63) is 29.3 Å². The van der Waals surface area contributed by atoms with Gasteiger partial charge in [0.05, 0.1) is 6.42 Å². The van der Waals surface area contributed by atoms with E-state index in [-0.39, 0.29) is 17.9 Å². The third kappa shape index (κ3) is 1.30. The molecule has 0 unspecified atom stereocenters. The Kier molecular flexibility index (Phi) is 1.80. The molecule has 0 aromatic heterocycles. The molecule has 0 atom stereocenters. The van der Waals surface area contributed by atoms with E-state index in [1.807, 2.05) is 0 Å². The summed E-state index contributed by atoms with van der Waals surface area (Å²) in [6.45, 7) is 0. The van der Waals surface area contributed by atoms with E-state index in [1.54, 1.807) is 18.2 Å². The molecule has 1 heterocycles. The zero-order valence-corrected chi connectivity index (χ0v) is 8.77. The molecule has 2 amide bonds. The van der Waals surface area contributed by atoms with Crippen molar-refractivity contribution in [2.24, 2.45) is 0 Å². The topological polar surface area (TPSA) is 63.4 Å². The van der Waals surface area contributed by atoms with Crippen LogP contribution in [0.4, 0.5) is 5.69 Å². The normalized spacial score (nSPS) is 19.9. The molecule has 1 aromatic carbocycles. The molecule has 0 radical (unpaired) electrons. The van der Waals surface area contributed by atoms with E-state index in [0.29, 0.717) is 17.7 Å². The lowest BCUT2D eigenvalue weighted by Crippen LogP contribution is -2.43. The summed E-state index contributed by atoms with van der Waals surface area (Å²) in [5, 5.41) is 0. The Bertz CT molecular complexity index is 492. The van der Waals surface area contributed by atoms with Crippen LogP contribution >= 0.6 is 0 Å². The molecule has 4 nitrogen and oxygen atoms in total. The molecule has 2 N–H and O–H groups in total. The summed E-state index contributed by atoms with van der Waals surface area (Å²) >= 11 is 0. The number of nitrogens with zero attached hydrogens (tertiary/aromatic N) is 1. The third-order valence-electron chi connectivity index (χ3n) is 3.11. The van der Waals surface area contributed by atoms with Crippen LogP contribution in [0.15, 0.2) is 18.2 Å². The number of hydrogen-bond acceptors (Lipinski definition) is 3. The molecule has 2 aliphatic rings. The van der Waals surface area contributed by atoms with Crippen molar-refractivity contribution in [1.82, 2.24) is 4.90 Å². The first-order chi connectivity index (χ1) is 7.66. The molecule has 1 aliphatic heterocycles. The number of carbonyl (C=O) groups is 2. The Morgan fingerprint density at radius 1 is 1.25 bits per heavy atom. The van der Waals surface area contributed by atoms with E-state index in [2.05, 4.69) is 0 Å². The highest BCUT2D eigenvalue weighted by Crippen LogP contribution is 2.32. The van der Waals surface area contributed by atoms with Crippen molar-refractivity contribution in [1.29, 1.82) is 0 Å². The molecule has 82 valence electrons. The van der Waals surface area contributed by atoms with Gasteiger partial charge in [-0.2, -0.15) is 0 Å². The minimum atomic E-state index is -0.180. The minimum absolute atomic E-state index is 0.0789. The van der Waals surface area contributed by atoms with Crippen LogP contribution in [0, 0.1) is 0 Å². The predicted molar refractivity (Wildman–Crippen MR) is 58.8 cm³/mol. The first kappa shape index (κ1) is 9.39. The number of amides is 2. The van der Waals surface area contributed by atoms with E-state index in [1.165, 1.54) is 4.90 Å². The second-order valence-corrected chi connectivity index (χ2v) is 4.39. The van der Waals surface area contributed by atoms with Crippen molar-refractivity contribution in [2.45, 2.75) is 25.3 Å². The quantitative estimate of drug-likeness (QED) is 0.561. The van der Waals surface area contributed by atoms with Gasteiger partial charge in [-0.15, -0.1) is 0 Å². The lowest BCUT2D eigenvalue weighted by atomic mass is 9.97. The zero-order chi connectivity index (χ0) is 11.3. The Balaban J connectivity index is 2.07. The zero-order valence-electron chi connectivity index (χ0n) is 8.77. The Morgan fingerprint density at radius 2 is 2.00 bits per heavy atom. The second-order valence-electron chi connectivity index (χ2n) is 4.39. The molecular formula is C12H12N2O2. The molecule has 0 spiro atoms. The van der Waals surface area contributed by atoms with E-state index in [0.717, 1.165) is 18.4 Å². The largest absolute Gasteiger partial charge is 0.399 e. The summed E-state index contributed by atoms with van der Waals surface area (Å²) in [7, 11) is 0. The van der Waals surface area contributed by atoms with Crippen molar-refractivity contribution in [3.63, 3.8) is 0 Å². The van der Waals surface area contributed by atoms with Gasteiger partial charge in [0.15, 0.2) is 0 Å². The van der Waals surface area contributed by atoms with Crippen LogP contribution in [0.5, 0.6) is 0 Å². The summed E-state index contributed by atoms with van der Waals surface area (Å²) in [4.78, 5) is 25.3. The van der Waals surface area contributed by atoms with Gasteiger partial charge in [-0.3, -0.25) is 14.5 Å². The van der Waals surface area contributed by atoms with Gasteiger partial charge in [0, 0.05) is 17.3 Å². The number of nitrogens with two attached hydrogens (primary N) is 1. The summed E-state index contributed by atoms with van der Waals surface area (Å²) in [6, 6.07) is 5.30. The smallest absolute Gasteiger partial charge is 0.261 e. The molecule has 4 heteroatoms. The maximum absolute atomic E-state index is 12.1. The average Bonchev–Trinajstić information content (AvgIpc) is 3.04. The molecule has 0 bridgehead atoms. The highest BCUT2D eigenvalue weighted by atomic mass is 16.2. The van der Waals surface area contributed by atoms with E-state index in [4.69, 9.17) is 5.73 Å². The number of hydrogen-bond donors (Lipinski definition) is 1. The number of benzene rings is 1. The fraction of sp³-hybridized carbons (Fsp3) is 0.333. The highest BCUT2D eigenvalue weighted by Gasteiger charge is 2.40. The number of fused-ring (bicyclic) bond motifs is 1. The summed E-state index contributed by atoms with van der Waals surface area (Å²) in [6.07, 6.45) is 2.20. The average molecular weight is 216 g/mol. The lowest BCUT2D eigenvalue weighted by Gasteiger charge is -2.26. The van der Waals surface area contributed by atoms with Crippen LogP contribution in [-0.4, -0.2) is 22.8 Å². The van der Waals surface area contributed by atoms with Crippen LogP contribution in [-0.2, 0) is 11.2 Å². The molecule has 1 saturated carbocycles. The number of nitrogen functional groups attached to an aromatic ring is 1. The van der Waals surface area contributed by atoms with Gasteiger partial charge in [-0.05, 0) is 30.5 Å². The van der Waals surface area contributed by atoms with Gasteiger partial charge >= 0.3 is 0 Å². The summed E-state index contributed by atoms with van der Waals surface area (Å²) in [5.74, 6) is -0.258. The van der Waals surface area contributed by atoms with Crippen LogP contribution in [0.1, 0.15) is 28.8 Å². The first-order valence-electron chi connectivity index (χ1n) is 5.41. The summed E-state index contributed by atoms with van der Waals surface area (Å²) < 4.78 is 0. The number of imide groups is 1. The van der Waals surface area contributed by atoms with E-state index < -0.39 is 0 Å². The number of carbonyl (C=O) groups excluding carboxylic acids is 2. The first-order valence-corrected chi connectivity index (χ1v) is 5.41. The van der Waals surface area contributed by atoms with Gasteiger partial charge in [0.2, 0.25) is 5.91 Å². The van der Waals surface area contributed by atoms with Crippen molar-refractivity contribution in [3.8, 4) is 0 Å². The van der Waals surface area contributed by atoms with Gasteiger partial charge in [0.25, 0.3) is 5.91 Å². The van der Waals surface area contributed by atoms with E-state index in [9.17, 15) is 9.59 Å². The molecule has 1 aliphatic carbocycles. The maximum Gasteiger partial charge on any atom is 0.261 e. The van der Waals surface area contributed by atoms with Gasteiger partial charge in [0.1, 0.15) is 0 Å². The van der Waals surface area contributed by atoms with Crippen LogP contribution < -0.4 is 5.73 Å². The lowest BCUT2D eigenvalue weighted by molar-refractivity contribution is -0.128. The SMILES string of the molecule is Nc1ccc2c(c1)C(=O)N(C1CC1)C(=O)C2. The molecular weight excluding hydrogens is 204 g/mol. The van der Waals surface area contributed by atoms with Crippen molar-refractivity contribution >= 4 is 17.5 Å². The number of anilines is 1. The molecule has 16 heavy (non-hydrogen) atoms. The van der Waals surface area contributed by atoms with Crippen LogP contribution in [0.25, 0.3) is 0 Å². The monoisotopic (exact) mass is 216 g/mol. The number of rotatable bonds is 1. The predicted octanol–water partition coefficient (Wildman–Crippen LogP) is 0.956. The Morgan fingerprint density at radius 3 is 2.69 bits per heavy atom. The maximum atomic E-state index is 12.1. The van der Waals surface area contributed by atoms with Crippen molar-refractivity contribution in [2.75, 3.05) is 5.73 Å². The highest BCUT2D eigenvalue weighted by molar-refractivity contribution is 6.10. The van der Waals surface area contributed by atoms with Gasteiger partial charge < -0.3 is 5.73 Å². The standard InChI is InChI=1S/C12H12N2O2/c13-8-2-1-7-5-11(15)14(9-3-4-9)12(16)10(7)6-8/h1-2,6,9H,3-5,13H2. The molecule has 0 saturated heterocycles. The Labute approximate surface area is 93.0 Å². The third-order valence-corrected chi connectivity index (χ3v) is 3.11. The van der Waals surface area contributed by atoms with Gasteiger partial charge in [-0.1, -0.05) is 6.07 Å². The Hall–Kier alpha value is -1.84. The molecule has 3 rings (SSSR count). The van der Waals surface area contributed by atoms with Gasteiger partial charge in [-0.25, -0.2) is 0 Å². The van der Waals surface area contributed by atoms with Crippen LogP contribution in [0.2, 0.25) is 0 Å². The molecule has 1 aromatic rings. The minimum Gasteiger partial charge on any atom is -0.399 e. The molecule has 1 fully saturated rings. The van der Waals surface area contributed by atoms with E-state index >= 15 is 0 Å². The van der Waals surface area contributed by atoms with Crippen molar-refractivity contribution < 1.29 is 9.59 Å². The van der Waals surface area contributed by atoms with Crippen LogP contribution in [0.3, 0.4) is 0 Å². The fourth-order valence-corrected chi connectivity index (χ4v) is 2.14.